The van der Waals surface area contributed by atoms with Crippen LogP contribution in [-0.2, 0) is 9.59 Å². The van der Waals surface area contributed by atoms with Gasteiger partial charge in [0, 0.05) is 13.5 Å². The van der Waals surface area contributed by atoms with Crippen LogP contribution in [0.2, 0.25) is 0 Å². The van der Waals surface area contributed by atoms with Crippen LogP contribution < -0.4 is 16.4 Å². The van der Waals surface area contributed by atoms with Crippen molar-refractivity contribution >= 4 is 23.6 Å². The Hall–Kier alpha value is -0.750. The second kappa shape index (κ2) is 9.47. The normalized spacial score (nSPS) is 11.9. The van der Waals surface area contributed by atoms with E-state index in [-0.39, 0.29) is 11.8 Å². The van der Waals surface area contributed by atoms with E-state index < -0.39 is 6.04 Å². The average Bonchev–Trinajstić information content (AvgIpc) is 2.30. The molecule has 0 radical (unpaired) electrons. The van der Waals surface area contributed by atoms with E-state index in [1.807, 2.05) is 6.26 Å². The second-order valence-corrected chi connectivity index (χ2v) is 4.39. The molecule has 0 aromatic heterocycles. The van der Waals surface area contributed by atoms with Gasteiger partial charge < -0.3 is 16.4 Å². The van der Waals surface area contributed by atoms with E-state index in [1.54, 1.807) is 18.8 Å². The predicted octanol–water partition coefficient (Wildman–Crippen LogP) is -0.291. The van der Waals surface area contributed by atoms with Crippen LogP contribution in [0.5, 0.6) is 0 Å². The molecule has 94 valence electrons. The molecule has 0 aromatic rings. The molecule has 0 spiro atoms. The molecule has 4 N–H and O–H groups in total. The largest absolute Gasteiger partial charge is 0.357 e. The van der Waals surface area contributed by atoms with Gasteiger partial charge in [-0.25, -0.2) is 0 Å². The zero-order valence-electron chi connectivity index (χ0n) is 9.91. The number of hydrogen-bond donors (Lipinski definition) is 3. The zero-order chi connectivity index (χ0) is 12.4. The lowest BCUT2D eigenvalue weighted by Gasteiger charge is -2.16. The third-order valence-corrected chi connectivity index (χ3v) is 2.76. The quantitative estimate of drug-likeness (QED) is 0.550. The van der Waals surface area contributed by atoms with Gasteiger partial charge in [-0.05, 0) is 31.4 Å². The first kappa shape index (κ1) is 15.2. The van der Waals surface area contributed by atoms with Gasteiger partial charge in [0.25, 0.3) is 0 Å². The molecule has 0 aromatic carbocycles. The van der Waals surface area contributed by atoms with Gasteiger partial charge in [0.1, 0.15) is 6.04 Å². The molecule has 5 nitrogen and oxygen atoms in total. The molecule has 16 heavy (non-hydrogen) atoms. The van der Waals surface area contributed by atoms with E-state index in [9.17, 15) is 9.59 Å². The van der Waals surface area contributed by atoms with Crippen LogP contribution in [0.25, 0.3) is 0 Å². The summed E-state index contributed by atoms with van der Waals surface area (Å²) in [5, 5.41) is 5.27. The third kappa shape index (κ3) is 6.68. The van der Waals surface area contributed by atoms with Crippen LogP contribution in [0.15, 0.2) is 0 Å². The fraction of sp³-hybridized carbons (Fsp3) is 0.800. The zero-order valence-corrected chi connectivity index (χ0v) is 10.7. The molecule has 0 saturated heterocycles. The smallest absolute Gasteiger partial charge is 0.242 e. The number of hydrogen-bond acceptors (Lipinski definition) is 4. The number of rotatable bonds is 8. The highest BCUT2D eigenvalue weighted by Crippen LogP contribution is 2.01. The maximum atomic E-state index is 11.5. The summed E-state index contributed by atoms with van der Waals surface area (Å²) in [4.78, 5) is 22.9. The van der Waals surface area contributed by atoms with Gasteiger partial charge in [-0.15, -0.1) is 0 Å². The van der Waals surface area contributed by atoms with Gasteiger partial charge in [-0.1, -0.05) is 0 Å². The summed E-state index contributed by atoms with van der Waals surface area (Å²) in [6, 6.07) is -0.428. The molecule has 0 fully saturated rings. The summed E-state index contributed by atoms with van der Waals surface area (Å²) < 4.78 is 0. The van der Waals surface area contributed by atoms with Gasteiger partial charge in [-0.3, -0.25) is 9.59 Å². The number of carbonyl (C=O) groups is 2. The van der Waals surface area contributed by atoms with Crippen LogP contribution >= 0.6 is 11.8 Å². The minimum atomic E-state index is -0.428. The first-order valence-corrected chi connectivity index (χ1v) is 6.75. The first-order valence-electron chi connectivity index (χ1n) is 5.35. The molecule has 0 rings (SSSR count). The van der Waals surface area contributed by atoms with Crippen LogP contribution in [0.4, 0.5) is 0 Å². The lowest BCUT2D eigenvalue weighted by atomic mass is 10.2. The van der Waals surface area contributed by atoms with Gasteiger partial charge in [0.2, 0.25) is 11.8 Å². The maximum Gasteiger partial charge on any atom is 0.242 e. The van der Waals surface area contributed by atoms with Gasteiger partial charge >= 0.3 is 0 Å². The Morgan fingerprint density at radius 3 is 2.62 bits per heavy atom. The number of nitrogens with two attached hydrogens (primary N) is 1. The van der Waals surface area contributed by atoms with Crippen molar-refractivity contribution in [2.24, 2.45) is 5.73 Å². The van der Waals surface area contributed by atoms with Gasteiger partial charge in [0.15, 0.2) is 0 Å². The van der Waals surface area contributed by atoms with Crippen LogP contribution in [0.3, 0.4) is 0 Å². The molecular formula is C10H21N3O2S. The fourth-order valence-corrected chi connectivity index (χ4v) is 1.68. The summed E-state index contributed by atoms with van der Waals surface area (Å²) in [7, 11) is 1.57. The Kier molecular flexibility index (Phi) is 9.03. The van der Waals surface area contributed by atoms with E-state index in [0.717, 1.165) is 5.75 Å². The Morgan fingerprint density at radius 1 is 1.44 bits per heavy atom. The average molecular weight is 247 g/mol. The fourth-order valence-electron chi connectivity index (χ4n) is 1.21. The number of thioether (sulfide) groups is 1. The molecule has 2 amide bonds. The molecule has 0 heterocycles. The molecule has 0 bridgehead atoms. The molecule has 0 aliphatic heterocycles. The molecule has 0 aliphatic carbocycles. The van der Waals surface area contributed by atoms with Crippen molar-refractivity contribution in [2.75, 3.05) is 25.6 Å². The minimum absolute atomic E-state index is 0.111. The first-order chi connectivity index (χ1) is 7.65. The van der Waals surface area contributed by atoms with Crippen molar-refractivity contribution in [3.63, 3.8) is 0 Å². The summed E-state index contributed by atoms with van der Waals surface area (Å²) in [5.74, 6) is 0.588. The lowest BCUT2D eigenvalue weighted by Crippen LogP contribution is -2.46. The third-order valence-electron chi connectivity index (χ3n) is 2.12. The SMILES string of the molecule is CNC(=O)C(CCSC)NC(=O)CCCN. The predicted molar refractivity (Wildman–Crippen MR) is 67.3 cm³/mol. The van der Waals surface area contributed by atoms with Crippen molar-refractivity contribution < 1.29 is 9.59 Å². The summed E-state index contributed by atoms with van der Waals surface area (Å²) in [6.07, 6.45) is 3.64. The summed E-state index contributed by atoms with van der Waals surface area (Å²) in [5.41, 5.74) is 5.31. The molecular weight excluding hydrogens is 226 g/mol. The van der Waals surface area contributed by atoms with Crippen LogP contribution in [-0.4, -0.2) is 43.5 Å². The minimum Gasteiger partial charge on any atom is -0.357 e. The summed E-state index contributed by atoms with van der Waals surface area (Å²) in [6.45, 7) is 0.489. The standard InChI is InChI=1S/C10H21N3O2S/c1-12-10(15)8(5-7-16-2)13-9(14)4-3-6-11/h8H,3-7,11H2,1-2H3,(H,12,15)(H,13,14). The van der Waals surface area contributed by atoms with Gasteiger partial charge in [-0.2, -0.15) is 11.8 Å². The van der Waals surface area contributed by atoms with E-state index in [4.69, 9.17) is 5.73 Å². The van der Waals surface area contributed by atoms with Gasteiger partial charge in [0.05, 0.1) is 0 Å². The molecule has 0 aliphatic rings. The van der Waals surface area contributed by atoms with Crippen molar-refractivity contribution in [3.8, 4) is 0 Å². The number of amides is 2. The van der Waals surface area contributed by atoms with E-state index in [1.165, 1.54) is 0 Å². The lowest BCUT2D eigenvalue weighted by molar-refractivity contribution is -0.128. The Labute approximate surface area is 101 Å². The molecule has 6 heteroatoms. The van der Waals surface area contributed by atoms with Crippen molar-refractivity contribution in [1.29, 1.82) is 0 Å². The van der Waals surface area contributed by atoms with Crippen LogP contribution in [0, 0.1) is 0 Å². The highest BCUT2D eigenvalue weighted by Gasteiger charge is 2.18. The molecule has 0 saturated carbocycles. The summed E-state index contributed by atoms with van der Waals surface area (Å²) >= 11 is 1.65. The van der Waals surface area contributed by atoms with Crippen molar-refractivity contribution in [2.45, 2.75) is 25.3 Å². The number of likely N-dealkylation sites (N-methyl/N-ethyl adjacent to an activating group) is 1. The Balaban J connectivity index is 4.08. The number of nitrogens with one attached hydrogen (secondary N) is 2. The maximum absolute atomic E-state index is 11.5. The Morgan fingerprint density at radius 2 is 2.12 bits per heavy atom. The monoisotopic (exact) mass is 247 g/mol. The van der Waals surface area contributed by atoms with Crippen molar-refractivity contribution in [1.82, 2.24) is 10.6 Å². The van der Waals surface area contributed by atoms with E-state index >= 15 is 0 Å². The van der Waals surface area contributed by atoms with Crippen molar-refractivity contribution in [3.05, 3.63) is 0 Å². The number of carbonyl (C=O) groups excluding carboxylic acids is 2. The van der Waals surface area contributed by atoms with Crippen LogP contribution in [0.1, 0.15) is 19.3 Å². The van der Waals surface area contributed by atoms with E-state index in [0.29, 0.717) is 25.8 Å². The second-order valence-electron chi connectivity index (χ2n) is 3.41. The highest BCUT2D eigenvalue weighted by atomic mass is 32.2. The van der Waals surface area contributed by atoms with E-state index in [2.05, 4.69) is 10.6 Å². The highest BCUT2D eigenvalue weighted by molar-refractivity contribution is 7.98. The topological polar surface area (TPSA) is 84.2 Å². The Bertz CT molecular complexity index is 224. The molecule has 1 atom stereocenters. The molecule has 1 unspecified atom stereocenters.